The first-order valence-electron chi connectivity index (χ1n) is 7.70. The minimum Gasteiger partial charge on any atom is -0.462 e. The van der Waals surface area contributed by atoms with E-state index in [0.29, 0.717) is 12.2 Å². The predicted octanol–water partition coefficient (Wildman–Crippen LogP) is 4.94. The van der Waals surface area contributed by atoms with Gasteiger partial charge in [0.05, 0.1) is 12.2 Å². The molecule has 0 fully saturated rings. The van der Waals surface area contributed by atoms with Gasteiger partial charge in [-0.2, -0.15) is 0 Å². The fourth-order valence-corrected chi connectivity index (χ4v) is 3.29. The summed E-state index contributed by atoms with van der Waals surface area (Å²) < 4.78 is 11.3. The van der Waals surface area contributed by atoms with Crippen LogP contribution >= 0.6 is 0 Å². The van der Waals surface area contributed by atoms with Crippen LogP contribution in [0.15, 0.2) is 28.7 Å². The van der Waals surface area contributed by atoms with E-state index in [1.54, 1.807) is 0 Å². The van der Waals surface area contributed by atoms with Crippen molar-refractivity contribution in [2.75, 3.05) is 6.61 Å². The van der Waals surface area contributed by atoms with Crippen molar-refractivity contribution in [1.82, 2.24) is 0 Å². The van der Waals surface area contributed by atoms with Gasteiger partial charge in [-0.1, -0.05) is 25.1 Å². The highest BCUT2D eigenvalue weighted by molar-refractivity contribution is 6.11. The zero-order valence-corrected chi connectivity index (χ0v) is 13.4. The Balaban J connectivity index is 2.47. The first kappa shape index (κ1) is 14.6. The molecular formula is C19H20O3. The molecule has 0 bridgehead atoms. The van der Waals surface area contributed by atoms with Crippen LogP contribution in [0.3, 0.4) is 0 Å². The Morgan fingerprint density at radius 2 is 1.86 bits per heavy atom. The van der Waals surface area contributed by atoms with E-state index >= 15 is 0 Å². The van der Waals surface area contributed by atoms with Crippen molar-refractivity contribution in [3.63, 3.8) is 0 Å². The SMILES string of the molecule is CCOC(=O)c1c(C)c(CC)c2oc3ccccc3c2c1C. The molecule has 1 aromatic heterocycles. The molecule has 0 saturated heterocycles. The second-order valence-corrected chi connectivity index (χ2v) is 5.48. The number of carbonyl (C=O) groups is 1. The van der Waals surface area contributed by atoms with Crippen LogP contribution in [0.4, 0.5) is 0 Å². The number of ether oxygens (including phenoxy) is 1. The molecule has 0 aliphatic carbocycles. The highest BCUT2D eigenvalue weighted by Gasteiger charge is 2.23. The molecule has 3 aromatic rings. The number of para-hydroxylation sites is 1. The molecule has 0 amide bonds. The molecule has 114 valence electrons. The first-order valence-corrected chi connectivity index (χ1v) is 7.70. The average Bonchev–Trinajstić information content (AvgIpc) is 2.87. The highest BCUT2D eigenvalue weighted by atomic mass is 16.5. The van der Waals surface area contributed by atoms with E-state index in [-0.39, 0.29) is 5.97 Å². The minimum absolute atomic E-state index is 0.251. The maximum atomic E-state index is 12.4. The maximum absolute atomic E-state index is 12.4. The van der Waals surface area contributed by atoms with Gasteiger partial charge in [0, 0.05) is 10.8 Å². The molecule has 3 nitrogen and oxygen atoms in total. The fraction of sp³-hybridized carbons (Fsp3) is 0.316. The van der Waals surface area contributed by atoms with E-state index in [1.807, 2.05) is 45.0 Å². The predicted molar refractivity (Wildman–Crippen MR) is 88.5 cm³/mol. The van der Waals surface area contributed by atoms with Crippen molar-refractivity contribution in [2.45, 2.75) is 34.1 Å². The molecule has 0 radical (unpaired) electrons. The molecule has 0 atom stereocenters. The summed E-state index contributed by atoms with van der Waals surface area (Å²) in [6.07, 6.45) is 0.814. The number of hydrogen-bond acceptors (Lipinski definition) is 3. The Labute approximate surface area is 129 Å². The van der Waals surface area contributed by atoms with Crippen molar-refractivity contribution < 1.29 is 13.9 Å². The van der Waals surface area contributed by atoms with Crippen LogP contribution in [-0.4, -0.2) is 12.6 Å². The monoisotopic (exact) mass is 296 g/mol. The van der Waals surface area contributed by atoms with Gasteiger partial charge in [-0.25, -0.2) is 4.79 Å². The number of benzene rings is 2. The first-order chi connectivity index (χ1) is 10.6. The summed E-state index contributed by atoms with van der Waals surface area (Å²) in [5, 5.41) is 2.08. The van der Waals surface area contributed by atoms with Gasteiger partial charge < -0.3 is 9.15 Å². The Bertz CT molecular complexity index is 871. The third kappa shape index (κ3) is 2.00. The number of rotatable bonds is 3. The normalized spacial score (nSPS) is 11.3. The van der Waals surface area contributed by atoms with E-state index in [1.165, 1.54) is 0 Å². The van der Waals surface area contributed by atoms with Gasteiger partial charge in [-0.15, -0.1) is 0 Å². The van der Waals surface area contributed by atoms with Crippen molar-refractivity contribution in [3.05, 3.63) is 46.5 Å². The van der Waals surface area contributed by atoms with Gasteiger partial charge in [0.15, 0.2) is 0 Å². The largest absolute Gasteiger partial charge is 0.462 e. The lowest BCUT2D eigenvalue weighted by atomic mass is 9.92. The van der Waals surface area contributed by atoms with Crippen LogP contribution in [0.5, 0.6) is 0 Å². The van der Waals surface area contributed by atoms with Crippen molar-refractivity contribution in [3.8, 4) is 0 Å². The lowest BCUT2D eigenvalue weighted by molar-refractivity contribution is 0.0525. The minimum atomic E-state index is -0.251. The molecule has 0 spiro atoms. The number of esters is 1. The van der Waals surface area contributed by atoms with Gasteiger partial charge >= 0.3 is 5.97 Å². The molecule has 0 saturated carbocycles. The summed E-state index contributed by atoms with van der Waals surface area (Å²) in [6.45, 7) is 8.24. The van der Waals surface area contributed by atoms with Crippen LogP contribution in [0, 0.1) is 13.8 Å². The standard InChI is InChI=1S/C19H20O3/c1-5-13-11(3)16(19(20)21-6-2)12(4)17-14-9-7-8-10-15(14)22-18(13)17/h7-10H,5-6H2,1-4H3. The van der Waals surface area contributed by atoms with Crippen LogP contribution in [-0.2, 0) is 11.2 Å². The number of carbonyl (C=O) groups excluding carboxylic acids is 1. The number of furan rings is 1. The molecule has 1 heterocycles. The highest BCUT2D eigenvalue weighted by Crippen LogP contribution is 2.37. The number of hydrogen-bond donors (Lipinski definition) is 0. The quantitative estimate of drug-likeness (QED) is 0.642. The van der Waals surface area contributed by atoms with Gasteiger partial charge in [-0.3, -0.25) is 0 Å². The Kier molecular flexibility index (Phi) is 3.65. The van der Waals surface area contributed by atoms with Crippen LogP contribution in [0.2, 0.25) is 0 Å². The molecule has 3 rings (SSSR count). The van der Waals surface area contributed by atoms with Crippen LogP contribution < -0.4 is 0 Å². The van der Waals surface area contributed by atoms with E-state index in [9.17, 15) is 4.79 Å². The van der Waals surface area contributed by atoms with E-state index in [2.05, 4.69) is 6.92 Å². The Morgan fingerprint density at radius 3 is 2.55 bits per heavy atom. The molecule has 0 aliphatic rings. The molecule has 2 aromatic carbocycles. The second kappa shape index (κ2) is 5.48. The second-order valence-electron chi connectivity index (χ2n) is 5.48. The summed E-state index contributed by atoms with van der Waals surface area (Å²) in [5.41, 5.74) is 5.41. The summed E-state index contributed by atoms with van der Waals surface area (Å²) in [4.78, 5) is 12.4. The van der Waals surface area contributed by atoms with Crippen LogP contribution in [0.1, 0.15) is 40.9 Å². The molecule has 3 heteroatoms. The van der Waals surface area contributed by atoms with E-state index in [0.717, 1.165) is 45.0 Å². The third-order valence-corrected chi connectivity index (χ3v) is 4.28. The summed E-state index contributed by atoms with van der Waals surface area (Å²) >= 11 is 0. The van der Waals surface area contributed by atoms with E-state index < -0.39 is 0 Å². The van der Waals surface area contributed by atoms with Gasteiger partial charge in [-0.05, 0) is 49.9 Å². The van der Waals surface area contributed by atoms with Gasteiger partial charge in [0.2, 0.25) is 0 Å². The van der Waals surface area contributed by atoms with Gasteiger partial charge in [0.25, 0.3) is 0 Å². The average molecular weight is 296 g/mol. The smallest absolute Gasteiger partial charge is 0.338 e. The Hall–Kier alpha value is -2.29. The number of aryl methyl sites for hydroxylation is 2. The van der Waals surface area contributed by atoms with Crippen LogP contribution in [0.25, 0.3) is 21.9 Å². The maximum Gasteiger partial charge on any atom is 0.338 e. The zero-order valence-electron chi connectivity index (χ0n) is 13.4. The Morgan fingerprint density at radius 1 is 1.14 bits per heavy atom. The van der Waals surface area contributed by atoms with Crippen molar-refractivity contribution in [2.24, 2.45) is 0 Å². The molecule has 0 unspecified atom stereocenters. The summed E-state index contributed by atoms with van der Waals surface area (Å²) in [6, 6.07) is 7.96. The summed E-state index contributed by atoms with van der Waals surface area (Å²) in [7, 11) is 0. The van der Waals surface area contributed by atoms with E-state index in [4.69, 9.17) is 9.15 Å². The summed E-state index contributed by atoms with van der Waals surface area (Å²) in [5.74, 6) is -0.251. The molecule has 0 aliphatic heterocycles. The zero-order chi connectivity index (χ0) is 15.9. The lowest BCUT2D eigenvalue weighted by Gasteiger charge is -2.14. The molecular weight excluding hydrogens is 276 g/mol. The number of fused-ring (bicyclic) bond motifs is 3. The molecule has 22 heavy (non-hydrogen) atoms. The van der Waals surface area contributed by atoms with Gasteiger partial charge in [0.1, 0.15) is 11.2 Å². The lowest BCUT2D eigenvalue weighted by Crippen LogP contribution is -2.11. The van der Waals surface area contributed by atoms with Crippen molar-refractivity contribution in [1.29, 1.82) is 0 Å². The topological polar surface area (TPSA) is 39.4 Å². The third-order valence-electron chi connectivity index (χ3n) is 4.28. The molecule has 0 N–H and O–H groups in total. The van der Waals surface area contributed by atoms with Crippen molar-refractivity contribution >= 4 is 27.9 Å². The fourth-order valence-electron chi connectivity index (χ4n) is 3.29.